The maximum absolute atomic E-state index is 12.6. The number of nitrogens with zero attached hydrogens (tertiary/aromatic N) is 1. The second-order valence-electron chi connectivity index (χ2n) is 7.99. The first-order chi connectivity index (χ1) is 11.3. The Balaban J connectivity index is 1.82. The maximum atomic E-state index is 12.6. The molecule has 2 N–H and O–H groups in total. The molecule has 24 heavy (non-hydrogen) atoms. The molecule has 2 rings (SSSR count). The summed E-state index contributed by atoms with van der Waals surface area (Å²) in [7, 11) is 0. The van der Waals surface area contributed by atoms with Gasteiger partial charge in [0.1, 0.15) is 5.60 Å². The number of carbonyl (C=O) groups is 2. The third-order valence-corrected chi connectivity index (χ3v) is 4.90. The number of hydrogen-bond donors (Lipinski definition) is 2. The molecule has 0 unspecified atom stereocenters. The molecule has 2 amide bonds. The molecule has 6 nitrogen and oxygen atoms in total. The number of amides is 2. The Kier molecular flexibility index (Phi) is 6.49. The molecule has 0 bridgehead atoms. The van der Waals surface area contributed by atoms with Crippen molar-refractivity contribution in [2.45, 2.75) is 83.5 Å². The van der Waals surface area contributed by atoms with E-state index in [4.69, 9.17) is 4.74 Å². The summed E-state index contributed by atoms with van der Waals surface area (Å²) < 4.78 is 5.17. The molecule has 0 aromatic carbocycles. The second kappa shape index (κ2) is 8.19. The molecule has 1 saturated heterocycles. The van der Waals surface area contributed by atoms with E-state index in [1.54, 1.807) is 0 Å². The maximum Gasteiger partial charge on any atom is 0.407 e. The van der Waals surface area contributed by atoms with Crippen molar-refractivity contribution in [1.82, 2.24) is 10.2 Å². The predicted octanol–water partition coefficient (Wildman–Crippen LogP) is 2.44. The summed E-state index contributed by atoms with van der Waals surface area (Å²) in [5.41, 5.74) is -0.537. The fourth-order valence-electron chi connectivity index (χ4n) is 3.86. The van der Waals surface area contributed by atoms with Crippen LogP contribution in [0.3, 0.4) is 0 Å². The lowest BCUT2D eigenvalue weighted by molar-refractivity contribution is -0.137. The Morgan fingerprint density at radius 3 is 2.54 bits per heavy atom. The summed E-state index contributed by atoms with van der Waals surface area (Å²) in [5, 5.41) is 12.8. The highest BCUT2D eigenvalue weighted by Gasteiger charge is 2.38. The third-order valence-electron chi connectivity index (χ3n) is 4.90. The van der Waals surface area contributed by atoms with Gasteiger partial charge in [0.15, 0.2) is 0 Å². The minimum atomic E-state index is -0.537. The van der Waals surface area contributed by atoms with Crippen molar-refractivity contribution in [3.63, 3.8) is 0 Å². The summed E-state index contributed by atoms with van der Waals surface area (Å²) in [5.74, 6) is 0.280. The molecule has 6 heteroatoms. The summed E-state index contributed by atoms with van der Waals surface area (Å²) in [6, 6.07) is 0.158. The SMILES string of the molecule is CC(C)(C)OC(=O)NCCC(=O)N1CCCC[C@@H]1[C@@H]1CCC[C@@H]1O. The number of rotatable bonds is 4. The Hall–Kier alpha value is -1.30. The lowest BCUT2D eigenvalue weighted by Gasteiger charge is -2.40. The minimum absolute atomic E-state index is 0.0647. The van der Waals surface area contributed by atoms with Crippen LogP contribution < -0.4 is 5.32 Å². The molecule has 0 aromatic heterocycles. The van der Waals surface area contributed by atoms with E-state index in [-0.39, 0.29) is 36.9 Å². The van der Waals surface area contributed by atoms with E-state index >= 15 is 0 Å². The molecule has 138 valence electrons. The normalized spacial score (nSPS) is 27.8. The van der Waals surface area contributed by atoms with Crippen molar-refractivity contribution in [3.8, 4) is 0 Å². The monoisotopic (exact) mass is 340 g/mol. The van der Waals surface area contributed by atoms with Gasteiger partial charge in [0.2, 0.25) is 5.91 Å². The van der Waals surface area contributed by atoms with Crippen molar-refractivity contribution in [3.05, 3.63) is 0 Å². The van der Waals surface area contributed by atoms with Crippen LogP contribution in [-0.2, 0) is 9.53 Å². The summed E-state index contributed by atoms with van der Waals surface area (Å²) in [6.45, 7) is 6.47. The Bertz CT molecular complexity index is 447. The van der Waals surface area contributed by atoms with Crippen molar-refractivity contribution in [1.29, 1.82) is 0 Å². The lowest BCUT2D eigenvalue weighted by atomic mass is 9.87. The van der Waals surface area contributed by atoms with Crippen molar-refractivity contribution in [2.24, 2.45) is 5.92 Å². The van der Waals surface area contributed by atoms with E-state index < -0.39 is 11.7 Å². The zero-order chi connectivity index (χ0) is 17.7. The van der Waals surface area contributed by atoms with Crippen LogP contribution >= 0.6 is 0 Å². The van der Waals surface area contributed by atoms with E-state index in [0.717, 1.165) is 45.1 Å². The zero-order valence-corrected chi connectivity index (χ0v) is 15.2. The average molecular weight is 340 g/mol. The third kappa shape index (κ3) is 5.36. The molecule has 1 heterocycles. The van der Waals surface area contributed by atoms with Gasteiger partial charge in [-0.3, -0.25) is 4.79 Å². The largest absolute Gasteiger partial charge is 0.444 e. The average Bonchev–Trinajstić information content (AvgIpc) is 2.91. The number of ether oxygens (including phenoxy) is 1. The van der Waals surface area contributed by atoms with Gasteiger partial charge in [0, 0.05) is 31.5 Å². The number of piperidine rings is 1. The van der Waals surface area contributed by atoms with Crippen molar-refractivity contribution >= 4 is 12.0 Å². The van der Waals surface area contributed by atoms with E-state index in [2.05, 4.69) is 5.32 Å². The van der Waals surface area contributed by atoms with Crippen molar-refractivity contribution < 1.29 is 19.4 Å². The summed E-state index contributed by atoms with van der Waals surface area (Å²) in [4.78, 5) is 26.2. The number of likely N-dealkylation sites (tertiary alicyclic amines) is 1. The van der Waals surface area contributed by atoms with Crippen LogP contribution in [0, 0.1) is 5.92 Å². The zero-order valence-electron chi connectivity index (χ0n) is 15.2. The van der Waals surface area contributed by atoms with Crippen LogP contribution in [0.1, 0.15) is 65.7 Å². The minimum Gasteiger partial charge on any atom is -0.444 e. The van der Waals surface area contributed by atoms with Crippen LogP contribution in [0.15, 0.2) is 0 Å². The molecule has 1 aliphatic heterocycles. The molecule has 2 aliphatic rings. The van der Waals surface area contributed by atoms with Gasteiger partial charge in [-0.2, -0.15) is 0 Å². The van der Waals surface area contributed by atoms with Gasteiger partial charge in [-0.05, 0) is 52.9 Å². The second-order valence-corrected chi connectivity index (χ2v) is 7.99. The number of aliphatic hydroxyl groups is 1. The lowest BCUT2D eigenvalue weighted by Crippen LogP contribution is -2.50. The first-order valence-electron chi connectivity index (χ1n) is 9.22. The number of carbonyl (C=O) groups excluding carboxylic acids is 2. The van der Waals surface area contributed by atoms with E-state index in [1.165, 1.54) is 0 Å². The fourth-order valence-corrected chi connectivity index (χ4v) is 3.86. The standard InChI is InChI=1S/C18H32N2O4/c1-18(2,3)24-17(23)19-11-10-16(22)20-12-5-4-8-14(20)13-7-6-9-15(13)21/h13-15,21H,4-12H2,1-3H3,(H,19,23)/t13-,14+,15-/m0/s1. The van der Waals surface area contributed by atoms with Gasteiger partial charge < -0.3 is 20.1 Å². The van der Waals surface area contributed by atoms with Crippen LogP contribution in [0.2, 0.25) is 0 Å². The highest BCUT2D eigenvalue weighted by molar-refractivity contribution is 5.77. The molecule has 0 spiro atoms. The summed E-state index contributed by atoms with van der Waals surface area (Å²) >= 11 is 0. The van der Waals surface area contributed by atoms with Crippen molar-refractivity contribution in [2.75, 3.05) is 13.1 Å². The molecule has 1 aliphatic carbocycles. The van der Waals surface area contributed by atoms with Gasteiger partial charge >= 0.3 is 6.09 Å². The van der Waals surface area contributed by atoms with Crippen LogP contribution in [0.25, 0.3) is 0 Å². The number of aliphatic hydroxyl groups excluding tert-OH is 1. The molecule has 0 aromatic rings. The number of hydrogen-bond acceptors (Lipinski definition) is 4. The van der Waals surface area contributed by atoms with E-state index in [0.29, 0.717) is 0 Å². The van der Waals surface area contributed by atoms with Gasteiger partial charge in [-0.25, -0.2) is 4.79 Å². The van der Waals surface area contributed by atoms with Crippen LogP contribution in [-0.4, -0.2) is 52.8 Å². The van der Waals surface area contributed by atoms with Crippen LogP contribution in [0.4, 0.5) is 4.79 Å². The summed E-state index contributed by atoms with van der Waals surface area (Å²) in [6.07, 6.45) is 5.53. The highest BCUT2D eigenvalue weighted by Crippen LogP contribution is 2.35. The number of alkyl carbamates (subject to hydrolysis) is 1. The van der Waals surface area contributed by atoms with Gasteiger partial charge in [0.05, 0.1) is 6.10 Å². The fraction of sp³-hybridized carbons (Fsp3) is 0.889. The Morgan fingerprint density at radius 1 is 1.17 bits per heavy atom. The molecule has 0 radical (unpaired) electrons. The molecular weight excluding hydrogens is 308 g/mol. The molecular formula is C18H32N2O4. The molecule has 1 saturated carbocycles. The number of nitrogens with one attached hydrogen (secondary N) is 1. The topological polar surface area (TPSA) is 78.9 Å². The Labute approximate surface area is 144 Å². The Morgan fingerprint density at radius 2 is 1.92 bits per heavy atom. The molecule has 2 fully saturated rings. The first kappa shape index (κ1) is 19.0. The van der Waals surface area contributed by atoms with Gasteiger partial charge in [-0.1, -0.05) is 6.42 Å². The smallest absolute Gasteiger partial charge is 0.407 e. The first-order valence-corrected chi connectivity index (χ1v) is 9.22. The van der Waals surface area contributed by atoms with Gasteiger partial charge in [-0.15, -0.1) is 0 Å². The van der Waals surface area contributed by atoms with Crippen LogP contribution in [0.5, 0.6) is 0 Å². The van der Waals surface area contributed by atoms with E-state index in [1.807, 2.05) is 25.7 Å². The highest BCUT2D eigenvalue weighted by atomic mass is 16.6. The van der Waals surface area contributed by atoms with E-state index in [9.17, 15) is 14.7 Å². The predicted molar refractivity (Wildman–Crippen MR) is 91.6 cm³/mol. The quantitative estimate of drug-likeness (QED) is 0.824. The molecule has 3 atom stereocenters. The van der Waals surface area contributed by atoms with Gasteiger partial charge in [0.25, 0.3) is 0 Å².